The Balaban J connectivity index is 1.66. The molecular formula is C21H17F2N7O2S. The van der Waals surface area contributed by atoms with Crippen LogP contribution in [0, 0.1) is 6.92 Å². The molecule has 0 spiro atoms. The first-order valence-electron chi connectivity index (χ1n) is 9.98. The van der Waals surface area contributed by atoms with Gasteiger partial charge in [-0.1, -0.05) is 12.1 Å². The first-order valence-corrected chi connectivity index (χ1v) is 10.8. The molecule has 0 fully saturated rings. The summed E-state index contributed by atoms with van der Waals surface area (Å²) in [6, 6.07) is 5.44. The Kier molecular flexibility index (Phi) is 5.29. The number of alkyl halides is 2. The molecule has 33 heavy (non-hydrogen) atoms. The van der Waals surface area contributed by atoms with Crippen LogP contribution in [0.15, 0.2) is 47.6 Å². The van der Waals surface area contributed by atoms with Crippen LogP contribution in [0.2, 0.25) is 0 Å². The summed E-state index contributed by atoms with van der Waals surface area (Å²) in [5, 5.41) is 15.0. The van der Waals surface area contributed by atoms with Crippen molar-refractivity contribution in [3.05, 3.63) is 65.2 Å². The molecule has 1 atom stereocenters. The number of thiophene rings is 1. The van der Waals surface area contributed by atoms with Gasteiger partial charge in [-0.25, -0.2) is 18.4 Å². The molecule has 0 aliphatic carbocycles. The summed E-state index contributed by atoms with van der Waals surface area (Å²) < 4.78 is 35.1. The smallest absolute Gasteiger partial charge is 0.282 e. The molecule has 0 aromatic carbocycles. The van der Waals surface area contributed by atoms with E-state index >= 15 is 0 Å². The lowest BCUT2D eigenvalue weighted by molar-refractivity contribution is 0.0971. The standard InChI is InChI=1S/C21H17F2N7O2S/c1-11(21-27-26-10-32-21)5-17(31)13-6-14(30-16(19(22)23)8-25-28-30)20-24-7-15(29(20)9-13)18-4-3-12(2)33-18/h3-4,6-11,19H,5H2,1-2H3/t11-/m1/s1. The van der Waals surface area contributed by atoms with Crippen LogP contribution >= 0.6 is 11.3 Å². The number of halogens is 2. The zero-order valence-corrected chi connectivity index (χ0v) is 18.3. The quantitative estimate of drug-likeness (QED) is 0.320. The lowest BCUT2D eigenvalue weighted by Gasteiger charge is -2.12. The van der Waals surface area contributed by atoms with Gasteiger partial charge in [-0.3, -0.25) is 9.20 Å². The second kappa shape index (κ2) is 8.28. The van der Waals surface area contributed by atoms with Crippen molar-refractivity contribution < 1.29 is 18.0 Å². The molecule has 5 aromatic heterocycles. The Bertz CT molecular complexity index is 1440. The van der Waals surface area contributed by atoms with Gasteiger partial charge in [0, 0.05) is 29.0 Å². The number of aromatic nitrogens is 7. The fraction of sp³-hybridized carbons (Fsp3) is 0.238. The minimum atomic E-state index is -2.80. The number of pyridine rings is 1. The summed E-state index contributed by atoms with van der Waals surface area (Å²) in [6.07, 6.45) is 2.81. The fourth-order valence-electron chi connectivity index (χ4n) is 3.59. The van der Waals surface area contributed by atoms with Crippen LogP contribution in [0.1, 0.15) is 52.5 Å². The summed E-state index contributed by atoms with van der Waals surface area (Å²) in [6.45, 7) is 3.79. The third kappa shape index (κ3) is 3.82. The van der Waals surface area contributed by atoms with Gasteiger partial charge in [-0.15, -0.1) is 26.6 Å². The summed E-state index contributed by atoms with van der Waals surface area (Å²) in [4.78, 5) is 19.7. The second-order valence-corrected chi connectivity index (χ2v) is 8.83. The molecule has 168 valence electrons. The van der Waals surface area contributed by atoms with Crippen molar-refractivity contribution in [2.45, 2.75) is 32.6 Å². The summed E-state index contributed by atoms with van der Waals surface area (Å²) in [5.74, 6) is -0.188. The zero-order chi connectivity index (χ0) is 23.1. The van der Waals surface area contributed by atoms with Gasteiger partial charge in [-0.2, -0.15) is 0 Å². The van der Waals surface area contributed by atoms with Crippen LogP contribution in [0.4, 0.5) is 8.78 Å². The number of aryl methyl sites for hydroxylation is 1. The van der Waals surface area contributed by atoms with Crippen LogP contribution < -0.4 is 0 Å². The molecule has 0 bridgehead atoms. The Morgan fingerprint density at radius 1 is 1.24 bits per heavy atom. The molecule has 9 nitrogen and oxygen atoms in total. The van der Waals surface area contributed by atoms with Crippen LogP contribution in [-0.4, -0.2) is 40.4 Å². The van der Waals surface area contributed by atoms with E-state index in [4.69, 9.17) is 4.42 Å². The Morgan fingerprint density at radius 3 is 2.79 bits per heavy atom. The molecule has 5 aromatic rings. The maximum Gasteiger partial charge on any atom is 0.282 e. The monoisotopic (exact) mass is 469 g/mol. The molecule has 12 heteroatoms. The number of carbonyl (C=O) groups is 1. The summed E-state index contributed by atoms with van der Waals surface area (Å²) >= 11 is 1.57. The molecule has 0 unspecified atom stereocenters. The highest BCUT2D eigenvalue weighted by Crippen LogP contribution is 2.32. The van der Waals surface area contributed by atoms with Gasteiger partial charge < -0.3 is 4.42 Å². The Morgan fingerprint density at radius 2 is 2.09 bits per heavy atom. The average Bonchev–Trinajstić information content (AvgIpc) is 3.59. The number of imidazole rings is 1. The van der Waals surface area contributed by atoms with E-state index in [0.717, 1.165) is 26.3 Å². The predicted octanol–water partition coefficient (Wildman–Crippen LogP) is 4.65. The van der Waals surface area contributed by atoms with Gasteiger partial charge in [0.25, 0.3) is 6.43 Å². The summed E-state index contributed by atoms with van der Waals surface area (Å²) in [5.41, 5.74) is 1.27. The molecule has 0 radical (unpaired) electrons. The van der Waals surface area contributed by atoms with E-state index in [-0.39, 0.29) is 23.8 Å². The number of hydrogen-bond acceptors (Lipinski definition) is 8. The molecule has 0 aliphatic heterocycles. The molecule has 5 heterocycles. The fourth-order valence-corrected chi connectivity index (χ4v) is 4.47. The van der Waals surface area contributed by atoms with Crippen molar-refractivity contribution in [2.75, 3.05) is 0 Å². The van der Waals surface area contributed by atoms with Crippen LogP contribution in [-0.2, 0) is 0 Å². The van der Waals surface area contributed by atoms with E-state index in [1.807, 2.05) is 19.1 Å². The lowest BCUT2D eigenvalue weighted by atomic mass is 10.0. The summed E-state index contributed by atoms with van der Waals surface area (Å²) in [7, 11) is 0. The van der Waals surface area contributed by atoms with Crippen molar-refractivity contribution in [2.24, 2.45) is 0 Å². The van der Waals surface area contributed by atoms with E-state index < -0.39 is 12.1 Å². The van der Waals surface area contributed by atoms with Crippen molar-refractivity contribution in [1.29, 1.82) is 0 Å². The van der Waals surface area contributed by atoms with Crippen molar-refractivity contribution in [3.8, 4) is 16.3 Å². The normalized spacial score (nSPS) is 12.6. The molecular weight excluding hydrogens is 452 g/mol. The van der Waals surface area contributed by atoms with E-state index in [9.17, 15) is 13.6 Å². The second-order valence-electron chi connectivity index (χ2n) is 7.54. The minimum Gasteiger partial charge on any atom is -0.428 e. The molecule has 0 aliphatic rings. The predicted molar refractivity (Wildman–Crippen MR) is 115 cm³/mol. The van der Waals surface area contributed by atoms with E-state index in [0.29, 0.717) is 17.1 Å². The van der Waals surface area contributed by atoms with Crippen LogP contribution in [0.3, 0.4) is 0 Å². The maximum atomic E-state index is 13.6. The van der Waals surface area contributed by atoms with Crippen molar-refractivity contribution in [3.63, 3.8) is 0 Å². The molecule has 0 saturated heterocycles. The number of Topliss-reactive ketones (excluding diaryl/α,β-unsaturated/α-hetero) is 1. The van der Waals surface area contributed by atoms with Crippen LogP contribution in [0.25, 0.3) is 21.9 Å². The van der Waals surface area contributed by atoms with Gasteiger partial charge in [0.1, 0.15) is 11.4 Å². The first kappa shape index (κ1) is 21.1. The molecule has 0 saturated carbocycles. The van der Waals surface area contributed by atoms with Gasteiger partial charge in [-0.05, 0) is 25.1 Å². The molecule has 0 amide bonds. The third-order valence-corrected chi connectivity index (χ3v) is 6.24. The number of hydrogen-bond donors (Lipinski definition) is 0. The van der Waals surface area contributed by atoms with Gasteiger partial charge in [0.05, 0.1) is 23.0 Å². The zero-order valence-electron chi connectivity index (χ0n) is 17.5. The third-order valence-electron chi connectivity index (χ3n) is 5.22. The van der Waals surface area contributed by atoms with Gasteiger partial charge in [0.15, 0.2) is 11.4 Å². The molecule has 0 N–H and O–H groups in total. The first-order chi connectivity index (χ1) is 15.9. The van der Waals surface area contributed by atoms with E-state index in [1.54, 1.807) is 35.1 Å². The number of carbonyl (C=O) groups excluding carboxylic acids is 1. The number of ketones is 1. The molecule has 5 rings (SSSR count). The maximum absolute atomic E-state index is 13.6. The number of nitrogens with zero attached hydrogens (tertiary/aromatic N) is 7. The highest BCUT2D eigenvalue weighted by molar-refractivity contribution is 7.15. The largest absolute Gasteiger partial charge is 0.428 e. The minimum absolute atomic E-state index is 0.0916. The highest BCUT2D eigenvalue weighted by atomic mass is 32.1. The Labute approximate surface area is 189 Å². The SMILES string of the molecule is Cc1ccc(-c2cnc3c(-n4nncc4C(F)F)cc(C(=O)C[C@@H](C)c4nnco4)cn23)s1. The van der Waals surface area contributed by atoms with Crippen molar-refractivity contribution >= 4 is 22.8 Å². The number of fused-ring (bicyclic) bond motifs is 1. The van der Waals surface area contributed by atoms with Gasteiger partial charge in [0.2, 0.25) is 12.3 Å². The van der Waals surface area contributed by atoms with Crippen molar-refractivity contribution in [1.82, 2.24) is 34.6 Å². The van der Waals surface area contributed by atoms with Gasteiger partial charge >= 0.3 is 0 Å². The number of rotatable bonds is 7. The lowest BCUT2D eigenvalue weighted by Crippen LogP contribution is -2.11. The van der Waals surface area contributed by atoms with E-state index in [2.05, 4.69) is 25.5 Å². The van der Waals surface area contributed by atoms with Crippen LogP contribution in [0.5, 0.6) is 0 Å². The topological polar surface area (TPSA) is 104 Å². The van der Waals surface area contributed by atoms with E-state index in [1.165, 1.54) is 12.5 Å². The highest BCUT2D eigenvalue weighted by Gasteiger charge is 2.23. The average molecular weight is 469 g/mol. The Hall–Kier alpha value is -3.80.